The van der Waals surface area contributed by atoms with Gasteiger partial charge in [0.2, 0.25) is 0 Å². The molecule has 0 aliphatic rings. The smallest absolute Gasteiger partial charge is 0.162 e. The standard InChI is InChI=1S/C61H38N8/c1-4-15-39(16-5-1)50-36-59(66-61(65-50)40-17-6-2-7-18-40)69-54-24-13-11-22-46(54)48-33-41(27-30-55(48)69)51-37-62-38-52(64-51)42-26-29-47-45-21-10-12-23-53(45)68(58(47)34-42)44-28-31-56-49(35-44)60-57(25-14-32-63-60)67(56)43-19-8-3-9-20-43/h1-38H. The Labute approximate surface area is 395 Å². The molecule has 0 bridgehead atoms. The number of hydrogen-bond donors (Lipinski definition) is 0. The topological polar surface area (TPSA) is 79.2 Å². The van der Waals surface area contributed by atoms with E-state index >= 15 is 0 Å². The molecule has 8 nitrogen and oxygen atoms in total. The van der Waals surface area contributed by atoms with Crippen LogP contribution in [0.5, 0.6) is 0 Å². The van der Waals surface area contributed by atoms with Crippen molar-refractivity contribution in [1.82, 2.24) is 38.6 Å². The Kier molecular flexibility index (Phi) is 8.72. The minimum absolute atomic E-state index is 0.672. The molecule has 0 aliphatic carbocycles. The molecule has 0 saturated heterocycles. The largest absolute Gasteiger partial charge is 0.309 e. The Bertz CT molecular complexity index is 4250. The van der Waals surface area contributed by atoms with Gasteiger partial charge in [-0.2, -0.15) is 0 Å². The molecular weight excluding hydrogens is 845 g/mol. The van der Waals surface area contributed by atoms with Crippen molar-refractivity contribution in [1.29, 1.82) is 0 Å². The van der Waals surface area contributed by atoms with Gasteiger partial charge in [0.05, 0.1) is 68.1 Å². The maximum atomic E-state index is 5.32. The second-order valence-electron chi connectivity index (χ2n) is 17.4. The monoisotopic (exact) mass is 882 g/mol. The number of nitrogens with zero attached hydrogens (tertiary/aromatic N) is 8. The van der Waals surface area contributed by atoms with E-state index in [1.165, 1.54) is 10.8 Å². The second-order valence-corrected chi connectivity index (χ2v) is 17.4. The molecule has 0 N–H and O–H groups in total. The Hall–Kier alpha value is -9.53. The Morgan fingerprint density at radius 3 is 1.67 bits per heavy atom. The van der Waals surface area contributed by atoms with Gasteiger partial charge in [0.25, 0.3) is 0 Å². The van der Waals surface area contributed by atoms with Crippen molar-refractivity contribution in [3.8, 4) is 62.4 Å². The molecule has 322 valence electrons. The first-order valence-corrected chi connectivity index (χ1v) is 23.1. The van der Waals surface area contributed by atoms with Gasteiger partial charge in [-0.25, -0.2) is 15.0 Å². The summed E-state index contributed by atoms with van der Waals surface area (Å²) in [6, 6.07) is 74.3. The van der Waals surface area contributed by atoms with Gasteiger partial charge in [0, 0.05) is 72.8 Å². The molecule has 6 aromatic heterocycles. The van der Waals surface area contributed by atoms with Crippen molar-refractivity contribution >= 4 is 65.5 Å². The molecular formula is C61H38N8. The highest BCUT2D eigenvalue weighted by molar-refractivity contribution is 6.13. The number of benzene rings is 8. The minimum atomic E-state index is 0.672. The normalized spacial score (nSPS) is 11.8. The molecule has 6 heterocycles. The third-order valence-electron chi connectivity index (χ3n) is 13.4. The van der Waals surface area contributed by atoms with Crippen LogP contribution in [0, 0.1) is 0 Å². The first-order valence-electron chi connectivity index (χ1n) is 23.1. The zero-order valence-electron chi connectivity index (χ0n) is 37.0. The average molecular weight is 883 g/mol. The Balaban J connectivity index is 0.890. The summed E-state index contributed by atoms with van der Waals surface area (Å²) in [4.78, 5) is 25.3. The van der Waals surface area contributed by atoms with Crippen molar-refractivity contribution in [2.75, 3.05) is 0 Å². The Morgan fingerprint density at radius 1 is 0.304 bits per heavy atom. The second kappa shape index (κ2) is 15.5. The van der Waals surface area contributed by atoms with E-state index in [4.69, 9.17) is 24.9 Å². The van der Waals surface area contributed by atoms with Crippen LogP contribution in [-0.2, 0) is 0 Å². The van der Waals surface area contributed by atoms with Gasteiger partial charge in [-0.3, -0.25) is 14.5 Å². The molecule has 0 unspecified atom stereocenters. The van der Waals surface area contributed by atoms with Crippen molar-refractivity contribution in [2.45, 2.75) is 0 Å². The van der Waals surface area contributed by atoms with Gasteiger partial charge < -0.3 is 9.13 Å². The highest BCUT2D eigenvalue weighted by Crippen LogP contribution is 2.39. The van der Waals surface area contributed by atoms with Gasteiger partial charge in [0.15, 0.2) is 5.82 Å². The molecule has 14 rings (SSSR count). The van der Waals surface area contributed by atoms with E-state index < -0.39 is 0 Å². The van der Waals surface area contributed by atoms with Crippen LogP contribution in [0.15, 0.2) is 231 Å². The van der Waals surface area contributed by atoms with Crippen LogP contribution in [0.2, 0.25) is 0 Å². The van der Waals surface area contributed by atoms with E-state index in [9.17, 15) is 0 Å². The van der Waals surface area contributed by atoms with Gasteiger partial charge in [-0.15, -0.1) is 0 Å². The van der Waals surface area contributed by atoms with Gasteiger partial charge in [0.1, 0.15) is 5.82 Å². The van der Waals surface area contributed by atoms with Crippen LogP contribution >= 0.6 is 0 Å². The highest BCUT2D eigenvalue weighted by Gasteiger charge is 2.20. The van der Waals surface area contributed by atoms with Crippen molar-refractivity contribution < 1.29 is 0 Å². The first-order chi connectivity index (χ1) is 34.2. The molecule has 14 aromatic rings. The molecule has 8 heteroatoms. The molecule has 0 atom stereocenters. The van der Waals surface area contributed by atoms with Crippen LogP contribution in [-0.4, -0.2) is 38.6 Å². The summed E-state index contributed by atoms with van der Waals surface area (Å²) in [6.07, 6.45) is 5.60. The SMILES string of the molecule is c1ccc(-c2cc(-n3c4ccccc4c4cc(-c5cncc(-c6ccc7c8ccccc8n(-c8ccc9c(c8)c8ncccc8n9-c8ccccc8)c7c6)n5)ccc43)nc(-c3ccccc3)n2)cc1. The van der Waals surface area contributed by atoms with E-state index in [-0.39, 0.29) is 0 Å². The van der Waals surface area contributed by atoms with Gasteiger partial charge in [-0.1, -0.05) is 133 Å². The maximum Gasteiger partial charge on any atom is 0.162 e. The van der Waals surface area contributed by atoms with Crippen molar-refractivity contribution in [2.24, 2.45) is 0 Å². The number of pyridine rings is 1. The fourth-order valence-electron chi connectivity index (χ4n) is 10.3. The fraction of sp³-hybridized carbons (Fsp3) is 0. The maximum absolute atomic E-state index is 5.32. The predicted octanol–water partition coefficient (Wildman–Crippen LogP) is 14.6. The number of aromatic nitrogens is 8. The molecule has 0 amide bonds. The lowest BCUT2D eigenvalue weighted by Gasteiger charge is -2.12. The van der Waals surface area contributed by atoms with Crippen LogP contribution in [0.3, 0.4) is 0 Å². The fourth-order valence-corrected chi connectivity index (χ4v) is 10.3. The quantitative estimate of drug-likeness (QED) is 0.159. The third kappa shape index (κ3) is 6.27. The average Bonchev–Trinajstić information content (AvgIpc) is 4.06. The number of hydrogen-bond acceptors (Lipinski definition) is 5. The minimum Gasteiger partial charge on any atom is -0.309 e. The first kappa shape index (κ1) is 38.7. The summed E-state index contributed by atoms with van der Waals surface area (Å²) in [5.41, 5.74) is 16.0. The summed E-state index contributed by atoms with van der Waals surface area (Å²) >= 11 is 0. The van der Waals surface area contributed by atoms with Gasteiger partial charge >= 0.3 is 0 Å². The molecule has 8 aromatic carbocycles. The summed E-state index contributed by atoms with van der Waals surface area (Å²) in [6.45, 7) is 0. The Morgan fingerprint density at radius 2 is 0.884 bits per heavy atom. The van der Waals surface area contributed by atoms with Crippen LogP contribution < -0.4 is 0 Å². The molecule has 0 fully saturated rings. The highest BCUT2D eigenvalue weighted by atomic mass is 15.1. The lowest BCUT2D eigenvalue weighted by Crippen LogP contribution is -2.02. The van der Waals surface area contributed by atoms with E-state index in [0.29, 0.717) is 5.82 Å². The predicted molar refractivity (Wildman–Crippen MR) is 280 cm³/mol. The lowest BCUT2D eigenvalue weighted by atomic mass is 10.1. The van der Waals surface area contributed by atoms with E-state index in [2.05, 4.69) is 184 Å². The molecule has 0 aliphatic heterocycles. The van der Waals surface area contributed by atoms with Crippen molar-refractivity contribution in [3.63, 3.8) is 0 Å². The molecule has 0 spiro atoms. The van der Waals surface area contributed by atoms with Crippen molar-refractivity contribution in [3.05, 3.63) is 231 Å². The number of fused-ring (bicyclic) bond motifs is 9. The van der Waals surface area contributed by atoms with Crippen LogP contribution in [0.4, 0.5) is 0 Å². The van der Waals surface area contributed by atoms with E-state index in [1.54, 1.807) is 0 Å². The van der Waals surface area contributed by atoms with Gasteiger partial charge in [-0.05, 0) is 72.8 Å². The van der Waals surface area contributed by atoms with E-state index in [0.717, 1.165) is 111 Å². The lowest BCUT2D eigenvalue weighted by molar-refractivity contribution is 1.05. The summed E-state index contributed by atoms with van der Waals surface area (Å²) in [5, 5.41) is 5.67. The molecule has 0 saturated carbocycles. The molecule has 69 heavy (non-hydrogen) atoms. The van der Waals surface area contributed by atoms with E-state index in [1.807, 2.05) is 61.1 Å². The number of rotatable bonds is 7. The molecule has 0 radical (unpaired) electrons. The zero-order valence-corrected chi connectivity index (χ0v) is 37.0. The summed E-state index contributed by atoms with van der Waals surface area (Å²) in [5.74, 6) is 1.47. The summed E-state index contributed by atoms with van der Waals surface area (Å²) < 4.78 is 6.92. The van der Waals surface area contributed by atoms with Crippen LogP contribution in [0.25, 0.3) is 128 Å². The summed E-state index contributed by atoms with van der Waals surface area (Å²) in [7, 11) is 0. The zero-order chi connectivity index (χ0) is 45.4. The third-order valence-corrected chi connectivity index (χ3v) is 13.4. The van der Waals surface area contributed by atoms with Crippen LogP contribution in [0.1, 0.15) is 0 Å². The number of para-hydroxylation sites is 3.